The summed E-state index contributed by atoms with van der Waals surface area (Å²) in [4.78, 5) is 5.69. The van der Waals surface area contributed by atoms with Crippen molar-refractivity contribution in [1.82, 2.24) is 9.38 Å². The van der Waals surface area contributed by atoms with Gasteiger partial charge in [0.05, 0.1) is 29.0 Å². The zero-order valence-electron chi connectivity index (χ0n) is 14.2. The average molecular weight is 346 g/mol. The van der Waals surface area contributed by atoms with Gasteiger partial charge in [0.25, 0.3) is 0 Å². The summed E-state index contributed by atoms with van der Waals surface area (Å²) < 4.78 is 3.36. The smallest absolute Gasteiger partial charge is 0.0976 e. The van der Waals surface area contributed by atoms with E-state index in [4.69, 9.17) is 11.0 Å². The maximum Gasteiger partial charge on any atom is 0.0976 e. The molecule has 0 aliphatic heterocycles. The van der Waals surface area contributed by atoms with Crippen molar-refractivity contribution in [2.45, 2.75) is 26.3 Å². The van der Waals surface area contributed by atoms with E-state index >= 15 is 0 Å². The van der Waals surface area contributed by atoms with Gasteiger partial charge in [-0.05, 0) is 49.1 Å². The summed E-state index contributed by atoms with van der Waals surface area (Å²) in [5.74, 6) is 0. The van der Waals surface area contributed by atoms with Crippen LogP contribution in [0.4, 0.5) is 0 Å². The van der Waals surface area contributed by atoms with Gasteiger partial charge in [0, 0.05) is 34.0 Å². The molecule has 4 rings (SSSR count). The largest absolute Gasteiger partial charge is 0.320 e. The van der Waals surface area contributed by atoms with Crippen LogP contribution in [0.25, 0.3) is 26.7 Å². The van der Waals surface area contributed by atoms with E-state index in [0.29, 0.717) is 6.42 Å². The molecule has 0 radical (unpaired) electrons. The van der Waals surface area contributed by atoms with E-state index in [1.54, 1.807) is 11.3 Å². The standard InChI is InChI=1S/C20H18N4S/c1-12-10-24-11-16(7-19(24)13(2)23-12)14-3-4-20-15(5-14)6-18(25-20)8-17(22)9-21/h3-7,10-11,17H,8,22H2,1-2H3. The minimum atomic E-state index is -0.442. The van der Waals surface area contributed by atoms with E-state index in [1.807, 2.05) is 13.8 Å². The van der Waals surface area contributed by atoms with Crippen molar-refractivity contribution in [1.29, 1.82) is 5.26 Å². The monoisotopic (exact) mass is 346 g/mol. The summed E-state index contributed by atoms with van der Waals surface area (Å²) in [5, 5.41) is 10.1. The molecule has 0 spiro atoms. The number of aryl methyl sites for hydroxylation is 2. The molecule has 4 aromatic rings. The molecule has 1 atom stereocenters. The Morgan fingerprint density at radius 1 is 1.20 bits per heavy atom. The van der Waals surface area contributed by atoms with Crippen LogP contribution in [0.3, 0.4) is 0 Å². The molecule has 3 heterocycles. The molecule has 4 nitrogen and oxygen atoms in total. The molecule has 25 heavy (non-hydrogen) atoms. The summed E-state index contributed by atoms with van der Waals surface area (Å²) in [6.07, 6.45) is 4.80. The van der Waals surface area contributed by atoms with Gasteiger partial charge in [0.15, 0.2) is 0 Å². The molecule has 124 valence electrons. The molecule has 5 heteroatoms. The van der Waals surface area contributed by atoms with E-state index in [0.717, 1.165) is 21.8 Å². The minimum absolute atomic E-state index is 0.442. The molecule has 0 aliphatic carbocycles. The van der Waals surface area contributed by atoms with Crippen LogP contribution >= 0.6 is 11.3 Å². The number of nitriles is 1. The summed E-state index contributed by atoms with van der Waals surface area (Å²) >= 11 is 1.71. The molecule has 0 saturated heterocycles. The molecule has 0 fully saturated rings. The van der Waals surface area contributed by atoms with Crippen LogP contribution in [0.15, 0.2) is 42.7 Å². The molecular formula is C20H18N4S. The van der Waals surface area contributed by atoms with Gasteiger partial charge < -0.3 is 10.1 Å². The van der Waals surface area contributed by atoms with Gasteiger partial charge in [-0.3, -0.25) is 4.98 Å². The van der Waals surface area contributed by atoms with Gasteiger partial charge >= 0.3 is 0 Å². The third-order valence-electron chi connectivity index (χ3n) is 4.38. The first-order valence-electron chi connectivity index (χ1n) is 8.17. The second kappa shape index (κ2) is 5.99. The Morgan fingerprint density at radius 3 is 2.84 bits per heavy atom. The Labute approximate surface area is 150 Å². The van der Waals surface area contributed by atoms with Crippen LogP contribution in [0.5, 0.6) is 0 Å². The zero-order valence-corrected chi connectivity index (χ0v) is 15.0. The van der Waals surface area contributed by atoms with Crippen molar-refractivity contribution in [3.8, 4) is 17.2 Å². The van der Waals surface area contributed by atoms with Gasteiger partial charge in [-0.25, -0.2) is 0 Å². The number of nitrogens with two attached hydrogens (primary N) is 1. The number of rotatable bonds is 3. The maximum absolute atomic E-state index is 8.90. The molecule has 0 bridgehead atoms. The Morgan fingerprint density at radius 2 is 2.04 bits per heavy atom. The van der Waals surface area contributed by atoms with Gasteiger partial charge in [-0.1, -0.05) is 6.07 Å². The van der Waals surface area contributed by atoms with Gasteiger partial charge in [0.1, 0.15) is 0 Å². The maximum atomic E-state index is 8.90. The predicted octanol–water partition coefficient (Wildman–Crippen LogP) is 4.23. The minimum Gasteiger partial charge on any atom is -0.320 e. The second-order valence-electron chi connectivity index (χ2n) is 6.39. The Hall–Kier alpha value is -2.68. The van der Waals surface area contributed by atoms with Crippen molar-refractivity contribution >= 4 is 26.9 Å². The van der Waals surface area contributed by atoms with E-state index in [9.17, 15) is 0 Å². The average Bonchev–Trinajstić information content (AvgIpc) is 3.17. The van der Waals surface area contributed by atoms with Crippen molar-refractivity contribution in [2.75, 3.05) is 0 Å². The van der Waals surface area contributed by atoms with Crippen LogP contribution in [-0.2, 0) is 6.42 Å². The third kappa shape index (κ3) is 2.91. The molecule has 3 aromatic heterocycles. The SMILES string of the molecule is Cc1cn2cc(-c3ccc4sc(CC(N)C#N)cc4c3)cc2c(C)n1. The molecule has 1 aromatic carbocycles. The number of nitrogens with zero attached hydrogens (tertiary/aromatic N) is 3. The quantitative estimate of drug-likeness (QED) is 0.604. The first-order valence-corrected chi connectivity index (χ1v) is 8.99. The summed E-state index contributed by atoms with van der Waals surface area (Å²) in [6.45, 7) is 4.05. The lowest BCUT2D eigenvalue weighted by Crippen LogP contribution is -2.19. The molecule has 0 aliphatic rings. The van der Waals surface area contributed by atoms with E-state index in [-0.39, 0.29) is 0 Å². The Kier molecular flexibility index (Phi) is 3.79. The first-order chi connectivity index (χ1) is 12.0. The van der Waals surface area contributed by atoms with Gasteiger partial charge in [0.2, 0.25) is 0 Å². The van der Waals surface area contributed by atoms with Crippen LogP contribution in [0.2, 0.25) is 0 Å². The van der Waals surface area contributed by atoms with Crippen molar-refractivity contribution in [3.05, 3.63) is 59.0 Å². The van der Waals surface area contributed by atoms with E-state index in [2.05, 4.69) is 58.2 Å². The van der Waals surface area contributed by atoms with Crippen molar-refractivity contribution in [2.24, 2.45) is 5.73 Å². The molecule has 1 unspecified atom stereocenters. The highest BCUT2D eigenvalue weighted by atomic mass is 32.1. The summed E-state index contributed by atoms with van der Waals surface area (Å²) in [7, 11) is 0. The zero-order chi connectivity index (χ0) is 17.6. The molecule has 2 N–H and O–H groups in total. The number of fused-ring (bicyclic) bond motifs is 2. The highest BCUT2D eigenvalue weighted by molar-refractivity contribution is 7.19. The number of hydrogen-bond acceptors (Lipinski definition) is 4. The highest BCUT2D eigenvalue weighted by Crippen LogP contribution is 2.32. The lowest BCUT2D eigenvalue weighted by molar-refractivity contribution is 0.835. The second-order valence-corrected chi connectivity index (χ2v) is 7.56. The van der Waals surface area contributed by atoms with Crippen LogP contribution < -0.4 is 5.73 Å². The first kappa shape index (κ1) is 15.8. The normalized spacial score (nSPS) is 12.6. The number of thiophene rings is 1. The molecule has 0 amide bonds. The van der Waals surface area contributed by atoms with Crippen LogP contribution in [0, 0.1) is 25.2 Å². The van der Waals surface area contributed by atoms with Gasteiger partial charge in [-0.2, -0.15) is 5.26 Å². The fourth-order valence-corrected chi connectivity index (χ4v) is 4.33. The van der Waals surface area contributed by atoms with Gasteiger partial charge in [-0.15, -0.1) is 11.3 Å². The molecule has 0 saturated carbocycles. The lowest BCUT2D eigenvalue weighted by Gasteiger charge is -1.99. The Bertz CT molecular complexity index is 1130. The Balaban J connectivity index is 1.76. The lowest BCUT2D eigenvalue weighted by atomic mass is 10.1. The number of hydrogen-bond donors (Lipinski definition) is 1. The van der Waals surface area contributed by atoms with E-state index in [1.165, 1.54) is 21.2 Å². The summed E-state index contributed by atoms with van der Waals surface area (Å²) in [6, 6.07) is 12.5. The third-order valence-corrected chi connectivity index (χ3v) is 5.52. The number of benzene rings is 1. The fraction of sp³-hybridized carbons (Fsp3) is 0.200. The topological polar surface area (TPSA) is 67.1 Å². The summed E-state index contributed by atoms with van der Waals surface area (Å²) in [5.41, 5.74) is 11.3. The highest BCUT2D eigenvalue weighted by Gasteiger charge is 2.10. The van der Waals surface area contributed by atoms with Crippen molar-refractivity contribution < 1.29 is 0 Å². The fourth-order valence-electron chi connectivity index (χ4n) is 3.23. The van der Waals surface area contributed by atoms with E-state index < -0.39 is 6.04 Å². The van der Waals surface area contributed by atoms with Crippen LogP contribution in [0.1, 0.15) is 16.3 Å². The molecular weight excluding hydrogens is 328 g/mol. The number of aromatic nitrogens is 2. The van der Waals surface area contributed by atoms with Crippen LogP contribution in [-0.4, -0.2) is 15.4 Å². The predicted molar refractivity (Wildman–Crippen MR) is 103 cm³/mol. The van der Waals surface area contributed by atoms with Crippen molar-refractivity contribution in [3.63, 3.8) is 0 Å².